The monoisotopic (exact) mass is 245 g/mol. The Morgan fingerprint density at radius 1 is 1.28 bits per heavy atom. The van der Waals surface area contributed by atoms with Gasteiger partial charge in [0.1, 0.15) is 5.78 Å². The summed E-state index contributed by atoms with van der Waals surface area (Å²) in [6.45, 7) is 6.37. The quantitative estimate of drug-likeness (QED) is 0.811. The first-order chi connectivity index (χ1) is 8.65. The van der Waals surface area contributed by atoms with Gasteiger partial charge in [-0.15, -0.1) is 0 Å². The topological polar surface area (TPSA) is 20.3 Å². The Morgan fingerprint density at radius 2 is 2.00 bits per heavy atom. The van der Waals surface area contributed by atoms with Crippen LogP contribution < -0.4 is 0 Å². The van der Waals surface area contributed by atoms with Crippen LogP contribution in [0, 0.1) is 5.92 Å². The molecule has 1 saturated heterocycles. The number of carbonyl (C=O) groups is 1. The van der Waals surface area contributed by atoms with Gasteiger partial charge in [0.2, 0.25) is 0 Å². The molecule has 2 rings (SSSR count). The Bertz CT molecular complexity index is 385. The van der Waals surface area contributed by atoms with Gasteiger partial charge in [-0.2, -0.15) is 0 Å². The van der Waals surface area contributed by atoms with Crippen LogP contribution in [0.5, 0.6) is 0 Å². The van der Waals surface area contributed by atoms with Crippen molar-refractivity contribution in [2.75, 3.05) is 6.54 Å². The largest absolute Gasteiger partial charge is 0.300 e. The molecule has 0 saturated carbocycles. The van der Waals surface area contributed by atoms with E-state index < -0.39 is 0 Å². The van der Waals surface area contributed by atoms with Crippen molar-refractivity contribution in [3.63, 3.8) is 0 Å². The molecule has 1 unspecified atom stereocenters. The highest BCUT2D eigenvalue weighted by molar-refractivity contribution is 5.80. The van der Waals surface area contributed by atoms with Crippen LogP contribution in [0.4, 0.5) is 0 Å². The van der Waals surface area contributed by atoms with Gasteiger partial charge in [0.25, 0.3) is 0 Å². The highest BCUT2D eigenvalue weighted by Crippen LogP contribution is 2.22. The summed E-state index contributed by atoms with van der Waals surface area (Å²) in [5, 5.41) is 0. The van der Waals surface area contributed by atoms with Crippen LogP contribution >= 0.6 is 0 Å². The summed E-state index contributed by atoms with van der Waals surface area (Å²) in [6, 6.07) is 11.0. The van der Waals surface area contributed by atoms with E-state index in [-0.39, 0.29) is 0 Å². The van der Waals surface area contributed by atoms with Crippen molar-refractivity contribution in [3.8, 4) is 0 Å². The number of carbonyl (C=O) groups excluding carboxylic acids is 1. The number of piperidine rings is 1. The van der Waals surface area contributed by atoms with Crippen molar-refractivity contribution in [1.29, 1.82) is 0 Å². The van der Waals surface area contributed by atoms with Crippen LogP contribution in [0.2, 0.25) is 0 Å². The van der Waals surface area contributed by atoms with Gasteiger partial charge in [-0.05, 0) is 17.9 Å². The second-order valence-electron chi connectivity index (χ2n) is 5.73. The molecule has 0 bridgehead atoms. The first-order valence-electron chi connectivity index (χ1n) is 6.95. The molecule has 1 aliphatic rings. The molecule has 1 atom stereocenters. The molecule has 0 N–H and O–H groups in total. The minimum Gasteiger partial charge on any atom is -0.300 e. The molecule has 1 aromatic rings. The van der Waals surface area contributed by atoms with Gasteiger partial charge in [0.05, 0.1) is 0 Å². The Labute approximate surface area is 110 Å². The third kappa shape index (κ3) is 3.67. The summed E-state index contributed by atoms with van der Waals surface area (Å²) >= 11 is 0. The van der Waals surface area contributed by atoms with Crippen molar-refractivity contribution in [2.24, 2.45) is 5.92 Å². The van der Waals surface area contributed by atoms with Gasteiger partial charge in [0, 0.05) is 32.0 Å². The number of Topliss-reactive ketones (excluding diaryl/α,β-unsaturated/α-hetero) is 1. The van der Waals surface area contributed by atoms with E-state index in [1.807, 2.05) is 0 Å². The van der Waals surface area contributed by atoms with Gasteiger partial charge in [-0.3, -0.25) is 9.69 Å². The van der Waals surface area contributed by atoms with Crippen LogP contribution in [0.15, 0.2) is 30.3 Å². The fraction of sp³-hybridized carbons (Fsp3) is 0.562. The molecule has 1 aliphatic heterocycles. The number of nitrogens with zero attached hydrogens (tertiary/aromatic N) is 1. The number of hydrogen-bond donors (Lipinski definition) is 0. The fourth-order valence-corrected chi connectivity index (χ4v) is 2.75. The molecule has 1 aromatic carbocycles. The molecule has 2 nitrogen and oxygen atoms in total. The van der Waals surface area contributed by atoms with Crippen LogP contribution in [0.3, 0.4) is 0 Å². The van der Waals surface area contributed by atoms with Crippen LogP contribution in [0.25, 0.3) is 0 Å². The first kappa shape index (κ1) is 13.3. The third-order valence-electron chi connectivity index (χ3n) is 3.63. The Kier molecular flexibility index (Phi) is 4.54. The lowest BCUT2D eigenvalue weighted by Gasteiger charge is -2.36. The maximum Gasteiger partial charge on any atom is 0.135 e. The minimum absolute atomic E-state index is 0.435. The molecule has 0 aromatic heterocycles. The van der Waals surface area contributed by atoms with E-state index in [1.165, 1.54) is 5.56 Å². The molecule has 0 aliphatic carbocycles. The number of likely N-dealkylation sites (tertiary alicyclic amines) is 1. The van der Waals surface area contributed by atoms with E-state index in [2.05, 4.69) is 49.1 Å². The summed E-state index contributed by atoms with van der Waals surface area (Å²) in [7, 11) is 0. The molecule has 0 radical (unpaired) electrons. The number of hydrogen-bond acceptors (Lipinski definition) is 2. The van der Waals surface area contributed by atoms with Crippen molar-refractivity contribution in [3.05, 3.63) is 35.9 Å². The van der Waals surface area contributed by atoms with Crippen molar-refractivity contribution < 1.29 is 4.79 Å². The lowest BCUT2D eigenvalue weighted by atomic mass is 9.93. The molecule has 18 heavy (non-hydrogen) atoms. The second kappa shape index (κ2) is 6.14. The van der Waals surface area contributed by atoms with E-state index >= 15 is 0 Å². The number of rotatable bonds is 4. The lowest BCUT2D eigenvalue weighted by Crippen LogP contribution is -2.42. The molecule has 0 amide bonds. The predicted molar refractivity (Wildman–Crippen MR) is 74.3 cm³/mol. The molecule has 0 spiro atoms. The van der Waals surface area contributed by atoms with Gasteiger partial charge in [-0.25, -0.2) is 0 Å². The average molecular weight is 245 g/mol. The van der Waals surface area contributed by atoms with Crippen LogP contribution in [0.1, 0.15) is 38.7 Å². The second-order valence-corrected chi connectivity index (χ2v) is 5.73. The van der Waals surface area contributed by atoms with Gasteiger partial charge >= 0.3 is 0 Å². The zero-order valence-corrected chi connectivity index (χ0v) is 11.4. The first-order valence-corrected chi connectivity index (χ1v) is 6.95. The minimum atomic E-state index is 0.435. The summed E-state index contributed by atoms with van der Waals surface area (Å²) in [6.07, 6.45) is 2.59. The number of ketones is 1. The predicted octanol–water partition coefficient (Wildman–Crippen LogP) is 3.27. The van der Waals surface area contributed by atoms with E-state index in [4.69, 9.17) is 0 Å². The van der Waals surface area contributed by atoms with Crippen molar-refractivity contribution in [1.82, 2.24) is 4.90 Å². The van der Waals surface area contributed by atoms with E-state index in [9.17, 15) is 4.79 Å². The molecule has 1 heterocycles. The lowest BCUT2D eigenvalue weighted by molar-refractivity contribution is -0.123. The molecule has 98 valence electrons. The van der Waals surface area contributed by atoms with Gasteiger partial charge in [-0.1, -0.05) is 44.2 Å². The highest BCUT2D eigenvalue weighted by atomic mass is 16.1. The SMILES string of the molecule is CC(C)CC1CC(=O)CCN1Cc1ccccc1. The normalized spacial score (nSPS) is 21.5. The Morgan fingerprint density at radius 3 is 2.67 bits per heavy atom. The highest BCUT2D eigenvalue weighted by Gasteiger charge is 2.27. The molecule has 2 heteroatoms. The molecular weight excluding hydrogens is 222 g/mol. The van der Waals surface area contributed by atoms with Crippen LogP contribution in [-0.2, 0) is 11.3 Å². The smallest absolute Gasteiger partial charge is 0.135 e. The average Bonchev–Trinajstić information content (AvgIpc) is 2.33. The standard InChI is InChI=1S/C16H23NO/c1-13(2)10-15-11-16(18)8-9-17(15)12-14-6-4-3-5-7-14/h3-7,13,15H,8-12H2,1-2H3. The summed E-state index contributed by atoms with van der Waals surface area (Å²) in [5.41, 5.74) is 1.35. The summed E-state index contributed by atoms with van der Waals surface area (Å²) < 4.78 is 0. The van der Waals surface area contributed by atoms with E-state index in [0.717, 1.165) is 32.4 Å². The van der Waals surface area contributed by atoms with E-state index in [1.54, 1.807) is 0 Å². The van der Waals surface area contributed by atoms with Gasteiger partial charge < -0.3 is 0 Å². The summed E-state index contributed by atoms with van der Waals surface area (Å²) in [5.74, 6) is 1.09. The fourth-order valence-electron chi connectivity index (χ4n) is 2.75. The Hall–Kier alpha value is -1.15. The zero-order chi connectivity index (χ0) is 13.0. The van der Waals surface area contributed by atoms with Gasteiger partial charge in [0.15, 0.2) is 0 Å². The van der Waals surface area contributed by atoms with E-state index in [0.29, 0.717) is 17.7 Å². The molecular formula is C16H23NO. The number of benzene rings is 1. The Balaban J connectivity index is 2.02. The van der Waals surface area contributed by atoms with Crippen molar-refractivity contribution >= 4 is 5.78 Å². The van der Waals surface area contributed by atoms with Crippen molar-refractivity contribution in [2.45, 2.75) is 45.7 Å². The maximum absolute atomic E-state index is 11.6. The van der Waals surface area contributed by atoms with Crippen LogP contribution in [-0.4, -0.2) is 23.3 Å². The zero-order valence-electron chi connectivity index (χ0n) is 11.4. The summed E-state index contributed by atoms with van der Waals surface area (Å²) in [4.78, 5) is 14.1. The maximum atomic E-state index is 11.6. The molecule has 1 fully saturated rings. The third-order valence-corrected chi connectivity index (χ3v) is 3.63.